The van der Waals surface area contributed by atoms with Crippen LogP contribution in [0.1, 0.15) is 66.7 Å². The van der Waals surface area contributed by atoms with Gasteiger partial charge in [-0.15, -0.1) is 0 Å². The summed E-state index contributed by atoms with van der Waals surface area (Å²) in [5, 5.41) is 9.32. The van der Waals surface area contributed by atoms with E-state index in [1.807, 2.05) is 6.92 Å². The van der Waals surface area contributed by atoms with Crippen LogP contribution in [-0.2, 0) is 28.5 Å². The number of carbonyl (C=O) groups excluding carboxylic acids is 2. The Kier molecular flexibility index (Phi) is 7.82. The molecule has 0 saturated heterocycles. The summed E-state index contributed by atoms with van der Waals surface area (Å²) < 4.78 is 36.6. The van der Waals surface area contributed by atoms with Crippen LogP contribution in [-0.4, -0.2) is 59.5 Å². The van der Waals surface area contributed by atoms with Gasteiger partial charge in [0.2, 0.25) is 12.0 Å². The fourth-order valence-corrected chi connectivity index (χ4v) is 5.87. The number of halogens is 1. The summed E-state index contributed by atoms with van der Waals surface area (Å²) in [5.41, 5.74) is 1.70. The van der Waals surface area contributed by atoms with Crippen LogP contribution in [0.25, 0.3) is 0 Å². The van der Waals surface area contributed by atoms with Gasteiger partial charge in [0.25, 0.3) is 0 Å². The van der Waals surface area contributed by atoms with Gasteiger partial charge in [0.1, 0.15) is 11.6 Å². The first-order chi connectivity index (χ1) is 15.9. The topological polar surface area (TPSA) is 134 Å². The Bertz CT molecular complexity index is 793. The van der Waals surface area contributed by atoms with Gasteiger partial charge in [0.15, 0.2) is 0 Å². The molecule has 0 unspecified atom stereocenters. The molecule has 3 N–H and O–H groups in total. The van der Waals surface area contributed by atoms with Crippen LogP contribution in [0.2, 0.25) is 0 Å². The lowest BCUT2D eigenvalue weighted by molar-refractivity contribution is -0.183. The minimum atomic E-state index is -2.60. The minimum absolute atomic E-state index is 0.00714. The lowest BCUT2D eigenvalue weighted by atomic mass is 9.75. The van der Waals surface area contributed by atoms with Crippen molar-refractivity contribution in [2.75, 3.05) is 6.61 Å². The van der Waals surface area contributed by atoms with Crippen molar-refractivity contribution in [2.45, 2.75) is 96.4 Å². The molecule has 0 bridgehead atoms. The fraction of sp³-hybridized carbons (Fsp3) is 0.875. The van der Waals surface area contributed by atoms with E-state index in [2.05, 4.69) is 20.8 Å². The smallest absolute Gasteiger partial charge is 0.479 e. The molecular weight excluding hydrogens is 449 g/mol. The van der Waals surface area contributed by atoms with Gasteiger partial charge in [-0.2, -0.15) is 0 Å². The van der Waals surface area contributed by atoms with Crippen molar-refractivity contribution in [1.82, 2.24) is 0 Å². The number of nitrogens with two attached hydrogens (primary N) is 1. The van der Waals surface area contributed by atoms with Gasteiger partial charge in [0, 0.05) is 25.4 Å². The largest absolute Gasteiger partial charge is 0.511 e. The summed E-state index contributed by atoms with van der Waals surface area (Å²) in [6.07, 6.45) is -0.132. The Morgan fingerprint density at radius 3 is 2.41 bits per heavy atom. The molecule has 0 aliphatic heterocycles. The van der Waals surface area contributed by atoms with E-state index in [4.69, 9.17) is 24.7 Å². The highest BCUT2D eigenvalue weighted by Gasteiger charge is 2.85. The number of rotatable bonds is 9. The van der Waals surface area contributed by atoms with Crippen molar-refractivity contribution >= 4 is 18.1 Å². The highest BCUT2D eigenvalue weighted by atomic mass is 19.1. The SMILES string of the molecule is CCCO[C@@H]1C[C@@H]2[C@H]([C@]1(N)C(=O)O[C@H](C)OC(=O)O[C@@H]1C[C@H](C)CC[C@H]1C(C)C)[C@@]2(F)C(=O)O. The minimum Gasteiger partial charge on any atom is -0.479 e. The van der Waals surface area contributed by atoms with Gasteiger partial charge in [0.05, 0.1) is 6.10 Å². The molecule has 3 fully saturated rings. The Morgan fingerprint density at radius 2 is 1.82 bits per heavy atom. The second kappa shape index (κ2) is 9.97. The second-order valence-corrected chi connectivity index (χ2v) is 10.5. The van der Waals surface area contributed by atoms with E-state index in [1.165, 1.54) is 6.92 Å². The maximum absolute atomic E-state index is 15.0. The number of fused-ring (bicyclic) bond motifs is 1. The number of alkyl halides is 1. The van der Waals surface area contributed by atoms with Crippen LogP contribution in [0, 0.1) is 29.6 Å². The third-order valence-corrected chi connectivity index (χ3v) is 7.75. The molecule has 10 heteroatoms. The molecule has 3 rings (SSSR count). The van der Waals surface area contributed by atoms with Crippen molar-refractivity contribution in [1.29, 1.82) is 0 Å². The molecule has 3 aliphatic rings. The lowest BCUT2D eigenvalue weighted by Gasteiger charge is -2.36. The van der Waals surface area contributed by atoms with Crippen LogP contribution in [0.5, 0.6) is 0 Å². The van der Waals surface area contributed by atoms with Crippen molar-refractivity contribution in [2.24, 2.45) is 35.3 Å². The van der Waals surface area contributed by atoms with Gasteiger partial charge in [-0.05, 0) is 43.4 Å². The molecule has 0 spiro atoms. The quantitative estimate of drug-likeness (QED) is 0.370. The van der Waals surface area contributed by atoms with Gasteiger partial charge in [-0.3, -0.25) is 0 Å². The standard InChI is InChI=1S/C24H38FNO8/c1-6-9-31-18-11-16-19(23(16,25)20(27)28)24(18,26)21(29)32-14(5)33-22(30)34-17-10-13(4)7-8-15(17)12(2)3/h12-19H,6-11,26H2,1-5H3,(H,27,28)/t13-,14+,15+,16-,17-,18-,19+,23-,24+/m1/s1. The van der Waals surface area contributed by atoms with Crippen LogP contribution in [0.15, 0.2) is 0 Å². The summed E-state index contributed by atoms with van der Waals surface area (Å²) in [5.74, 6) is -3.97. The van der Waals surface area contributed by atoms with E-state index >= 15 is 0 Å². The maximum atomic E-state index is 15.0. The third kappa shape index (κ3) is 4.76. The van der Waals surface area contributed by atoms with E-state index in [9.17, 15) is 23.9 Å². The number of hydrogen-bond acceptors (Lipinski definition) is 8. The number of aliphatic carboxylic acids is 1. The molecule has 3 aliphatic carbocycles. The van der Waals surface area contributed by atoms with Crippen LogP contribution >= 0.6 is 0 Å². The monoisotopic (exact) mass is 487 g/mol. The fourth-order valence-electron chi connectivity index (χ4n) is 5.87. The summed E-state index contributed by atoms with van der Waals surface area (Å²) in [6, 6.07) is 0. The molecule has 0 aromatic carbocycles. The van der Waals surface area contributed by atoms with Gasteiger partial charge in [-0.25, -0.2) is 18.8 Å². The van der Waals surface area contributed by atoms with Crippen LogP contribution < -0.4 is 5.73 Å². The number of esters is 1. The molecule has 0 heterocycles. The molecule has 0 aromatic heterocycles. The first-order valence-electron chi connectivity index (χ1n) is 12.3. The first-order valence-corrected chi connectivity index (χ1v) is 12.3. The van der Waals surface area contributed by atoms with Crippen molar-refractivity contribution in [3.63, 3.8) is 0 Å². The Hall–Kier alpha value is -1.94. The predicted octanol–water partition coefficient (Wildman–Crippen LogP) is 3.42. The number of hydrogen-bond donors (Lipinski definition) is 2. The number of carboxylic acid groups (broad SMARTS) is 1. The highest BCUT2D eigenvalue weighted by Crippen LogP contribution is 2.67. The normalized spacial score (nSPS) is 39.8. The van der Waals surface area contributed by atoms with E-state index in [1.54, 1.807) is 0 Å². The number of carboxylic acids is 1. The zero-order valence-electron chi connectivity index (χ0n) is 20.6. The molecule has 3 saturated carbocycles. The molecule has 0 amide bonds. The third-order valence-electron chi connectivity index (χ3n) is 7.75. The van der Waals surface area contributed by atoms with Crippen molar-refractivity contribution in [3.05, 3.63) is 0 Å². The average Bonchev–Trinajstić information content (AvgIpc) is 3.21. The summed E-state index contributed by atoms with van der Waals surface area (Å²) >= 11 is 0. The molecule has 194 valence electrons. The molecule has 0 aromatic rings. The van der Waals surface area contributed by atoms with Gasteiger partial charge < -0.3 is 29.8 Å². The number of carbonyl (C=O) groups is 3. The van der Waals surface area contributed by atoms with E-state index < -0.39 is 53.5 Å². The van der Waals surface area contributed by atoms with Crippen molar-refractivity contribution < 1.29 is 42.8 Å². The Morgan fingerprint density at radius 1 is 1.15 bits per heavy atom. The highest BCUT2D eigenvalue weighted by molar-refractivity contribution is 5.91. The Balaban J connectivity index is 1.63. The van der Waals surface area contributed by atoms with E-state index in [0.717, 1.165) is 19.3 Å². The molecular formula is C24H38FNO8. The zero-order valence-corrected chi connectivity index (χ0v) is 20.6. The molecule has 9 nitrogen and oxygen atoms in total. The average molecular weight is 488 g/mol. The van der Waals surface area contributed by atoms with E-state index in [-0.39, 0.29) is 25.0 Å². The van der Waals surface area contributed by atoms with E-state index in [0.29, 0.717) is 18.3 Å². The zero-order chi connectivity index (χ0) is 25.4. The molecule has 9 atom stereocenters. The Labute approximate surface area is 199 Å². The predicted molar refractivity (Wildman–Crippen MR) is 118 cm³/mol. The lowest BCUT2D eigenvalue weighted by Crippen LogP contribution is -2.61. The second-order valence-electron chi connectivity index (χ2n) is 10.5. The van der Waals surface area contributed by atoms with Gasteiger partial charge >= 0.3 is 18.1 Å². The summed E-state index contributed by atoms with van der Waals surface area (Å²) in [7, 11) is 0. The molecule has 0 radical (unpaired) electrons. The van der Waals surface area contributed by atoms with Gasteiger partial charge in [-0.1, -0.05) is 34.1 Å². The summed E-state index contributed by atoms with van der Waals surface area (Å²) in [4.78, 5) is 36.9. The summed E-state index contributed by atoms with van der Waals surface area (Å²) in [6.45, 7) is 9.74. The maximum Gasteiger partial charge on any atom is 0.511 e. The van der Waals surface area contributed by atoms with Crippen LogP contribution in [0.3, 0.4) is 0 Å². The van der Waals surface area contributed by atoms with Crippen molar-refractivity contribution in [3.8, 4) is 0 Å². The first kappa shape index (κ1) is 26.7. The number of ether oxygens (including phenoxy) is 4. The van der Waals surface area contributed by atoms with Crippen LogP contribution in [0.4, 0.5) is 9.18 Å². The molecule has 34 heavy (non-hydrogen) atoms.